The van der Waals surface area contributed by atoms with Gasteiger partial charge in [0.25, 0.3) is 11.6 Å². The lowest BCUT2D eigenvalue weighted by atomic mass is 10.0. The number of fused-ring (bicyclic) bond motifs is 1. The Kier molecular flexibility index (Phi) is 4.05. The summed E-state index contributed by atoms with van der Waals surface area (Å²) in [4.78, 5) is 23.0. The molecular weight excluding hydrogens is 318 g/mol. The maximum absolute atomic E-state index is 12.3. The summed E-state index contributed by atoms with van der Waals surface area (Å²) in [6.07, 6.45) is 3.24. The number of piperidine rings is 1. The SMILES string of the molecule is Cc1noc2ncnc(N3CCC(NC(=O)c4ccccc4)CC3)c12. The lowest BCUT2D eigenvalue weighted by Crippen LogP contribution is -2.45. The number of carbonyl (C=O) groups is 1. The van der Waals surface area contributed by atoms with E-state index in [2.05, 4.69) is 25.3 Å². The van der Waals surface area contributed by atoms with Crippen molar-refractivity contribution in [3.05, 3.63) is 47.9 Å². The standard InChI is InChI=1S/C18H19N5O2/c1-12-15-16(19-11-20-18(15)25-22-12)23-9-7-14(8-10-23)21-17(24)13-5-3-2-4-6-13/h2-6,11,14H,7-10H2,1H3,(H,21,24). The molecule has 1 amide bonds. The van der Waals surface area contributed by atoms with Crippen molar-refractivity contribution < 1.29 is 9.32 Å². The highest BCUT2D eigenvalue weighted by Crippen LogP contribution is 2.28. The van der Waals surface area contributed by atoms with Gasteiger partial charge in [-0.15, -0.1) is 0 Å². The lowest BCUT2D eigenvalue weighted by molar-refractivity contribution is 0.0931. The van der Waals surface area contributed by atoms with Crippen LogP contribution in [0.2, 0.25) is 0 Å². The molecule has 7 heteroatoms. The number of aromatic nitrogens is 3. The number of carbonyl (C=O) groups excluding carboxylic acids is 1. The van der Waals surface area contributed by atoms with E-state index >= 15 is 0 Å². The monoisotopic (exact) mass is 337 g/mol. The Morgan fingerprint density at radius 2 is 1.96 bits per heavy atom. The normalized spacial score (nSPS) is 15.5. The average Bonchev–Trinajstić information content (AvgIpc) is 3.04. The van der Waals surface area contributed by atoms with E-state index in [0.29, 0.717) is 11.3 Å². The van der Waals surface area contributed by atoms with Crippen LogP contribution in [0.25, 0.3) is 11.1 Å². The number of anilines is 1. The summed E-state index contributed by atoms with van der Waals surface area (Å²) >= 11 is 0. The van der Waals surface area contributed by atoms with E-state index in [-0.39, 0.29) is 11.9 Å². The molecule has 1 aromatic carbocycles. The Hall–Kier alpha value is -2.96. The van der Waals surface area contributed by atoms with Crippen LogP contribution in [-0.2, 0) is 0 Å². The largest absolute Gasteiger partial charge is 0.356 e. The molecule has 1 fully saturated rings. The predicted octanol–water partition coefficient (Wildman–Crippen LogP) is 2.33. The summed E-state index contributed by atoms with van der Waals surface area (Å²) < 4.78 is 5.22. The second-order valence-electron chi connectivity index (χ2n) is 6.25. The molecule has 1 N–H and O–H groups in total. The van der Waals surface area contributed by atoms with Gasteiger partial charge in [0, 0.05) is 24.7 Å². The molecule has 0 spiro atoms. The molecule has 0 atom stereocenters. The fourth-order valence-corrected chi connectivity index (χ4v) is 3.24. The summed E-state index contributed by atoms with van der Waals surface area (Å²) in [6.45, 7) is 3.53. The second kappa shape index (κ2) is 6.51. The summed E-state index contributed by atoms with van der Waals surface area (Å²) in [5.74, 6) is 0.843. The minimum Gasteiger partial charge on any atom is -0.356 e. The van der Waals surface area contributed by atoms with Gasteiger partial charge in [-0.3, -0.25) is 4.79 Å². The van der Waals surface area contributed by atoms with Crippen molar-refractivity contribution in [3.63, 3.8) is 0 Å². The first-order chi connectivity index (χ1) is 12.2. The van der Waals surface area contributed by atoms with E-state index in [1.807, 2.05) is 37.3 Å². The zero-order valence-corrected chi connectivity index (χ0v) is 14.0. The molecule has 3 aromatic rings. The van der Waals surface area contributed by atoms with Crippen LogP contribution in [0.3, 0.4) is 0 Å². The number of hydrogen-bond acceptors (Lipinski definition) is 6. The number of aryl methyl sites for hydroxylation is 1. The van der Waals surface area contributed by atoms with Crippen LogP contribution in [0.15, 0.2) is 41.2 Å². The summed E-state index contributed by atoms with van der Waals surface area (Å²) in [5.41, 5.74) is 2.01. The third kappa shape index (κ3) is 3.05. The maximum Gasteiger partial charge on any atom is 0.263 e. The van der Waals surface area contributed by atoms with Crippen molar-refractivity contribution in [1.82, 2.24) is 20.4 Å². The highest BCUT2D eigenvalue weighted by atomic mass is 16.5. The van der Waals surface area contributed by atoms with Gasteiger partial charge in [0.05, 0.1) is 5.69 Å². The Labute approximate surface area is 145 Å². The zero-order valence-electron chi connectivity index (χ0n) is 14.0. The Morgan fingerprint density at radius 1 is 1.20 bits per heavy atom. The third-order valence-electron chi connectivity index (χ3n) is 4.59. The molecule has 0 bridgehead atoms. The summed E-state index contributed by atoms with van der Waals surface area (Å²) in [7, 11) is 0. The first-order valence-electron chi connectivity index (χ1n) is 8.40. The zero-order chi connectivity index (χ0) is 17.2. The maximum atomic E-state index is 12.3. The molecule has 128 valence electrons. The van der Waals surface area contributed by atoms with Crippen LogP contribution in [0.1, 0.15) is 28.9 Å². The van der Waals surface area contributed by atoms with Crippen LogP contribution in [0.5, 0.6) is 0 Å². The van der Waals surface area contributed by atoms with Gasteiger partial charge in [0.2, 0.25) is 0 Å². The van der Waals surface area contributed by atoms with Crippen LogP contribution >= 0.6 is 0 Å². The summed E-state index contributed by atoms with van der Waals surface area (Å²) in [5, 5.41) is 7.97. The van der Waals surface area contributed by atoms with Gasteiger partial charge in [0.15, 0.2) is 0 Å². The number of nitrogens with zero attached hydrogens (tertiary/aromatic N) is 4. The molecule has 0 saturated carbocycles. The number of nitrogens with one attached hydrogen (secondary N) is 1. The van der Waals surface area contributed by atoms with Gasteiger partial charge in [-0.25, -0.2) is 4.98 Å². The third-order valence-corrected chi connectivity index (χ3v) is 4.59. The van der Waals surface area contributed by atoms with Gasteiger partial charge in [0.1, 0.15) is 17.5 Å². The smallest absolute Gasteiger partial charge is 0.263 e. The van der Waals surface area contributed by atoms with Gasteiger partial charge >= 0.3 is 0 Å². The molecule has 7 nitrogen and oxygen atoms in total. The van der Waals surface area contributed by atoms with Crippen LogP contribution in [-0.4, -0.2) is 40.2 Å². The fraction of sp³-hybridized carbons (Fsp3) is 0.333. The predicted molar refractivity (Wildman–Crippen MR) is 93.5 cm³/mol. The van der Waals surface area contributed by atoms with Crippen molar-refractivity contribution in [2.24, 2.45) is 0 Å². The molecule has 4 rings (SSSR count). The molecular formula is C18H19N5O2. The molecule has 0 aliphatic carbocycles. The van der Waals surface area contributed by atoms with E-state index in [1.165, 1.54) is 6.33 Å². The van der Waals surface area contributed by atoms with Crippen molar-refractivity contribution in [3.8, 4) is 0 Å². The van der Waals surface area contributed by atoms with Crippen LogP contribution < -0.4 is 10.2 Å². The Morgan fingerprint density at radius 3 is 2.72 bits per heavy atom. The molecule has 0 radical (unpaired) electrons. The lowest BCUT2D eigenvalue weighted by Gasteiger charge is -2.33. The first kappa shape index (κ1) is 15.6. The molecule has 3 heterocycles. The minimum atomic E-state index is -0.0154. The van der Waals surface area contributed by atoms with Crippen molar-refractivity contribution in [1.29, 1.82) is 0 Å². The number of benzene rings is 1. The molecule has 2 aromatic heterocycles. The summed E-state index contributed by atoms with van der Waals surface area (Å²) in [6, 6.07) is 9.49. The molecule has 0 unspecified atom stereocenters. The van der Waals surface area contributed by atoms with E-state index in [4.69, 9.17) is 4.52 Å². The Balaban J connectivity index is 1.43. The van der Waals surface area contributed by atoms with Gasteiger partial charge in [-0.1, -0.05) is 23.4 Å². The van der Waals surface area contributed by atoms with E-state index < -0.39 is 0 Å². The van der Waals surface area contributed by atoms with E-state index in [9.17, 15) is 4.79 Å². The molecule has 25 heavy (non-hydrogen) atoms. The second-order valence-corrected chi connectivity index (χ2v) is 6.25. The quantitative estimate of drug-likeness (QED) is 0.789. The molecule has 1 aliphatic rings. The molecule has 1 aliphatic heterocycles. The fourth-order valence-electron chi connectivity index (χ4n) is 3.24. The van der Waals surface area contributed by atoms with Crippen LogP contribution in [0, 0.1) is 6.92 Å². The number of rotatable bonds is 3. The van der Waals surface area contributed by atoms with Crippen LogP contribution in [0.4, 0.5) is 5.82 Å². The van der Waals surface area contributed by atoms with Crippen molar-refractivity contribution in [2.75, 3.05) is 18.0 Å². The number of amides is 1. The van der Waals surface area contributed by atoms with Gasteiger partial charge < -0.3 is 14.7 Å². The van der Waals surface area contributed by atoms with E-state index in [1.54, 1.807) is 0 Å². The van der Waals surface area contributed by atoms with Gasteiger partial charge in [-0.2, -0.15) is 4.98 Å². The van der Waals surface area contributed by atoms with Gasteiger partial charge in [-0.05, 0) is 31.9 Å². The minimum absolute atomic E-state index is 0.0154. The topological polar surface area (TPSA) is 84.2 Å². The van der Waals surface area contributed by atoms with Crippen molar-refractivity contribution >= 4 is 22.8 Å². The molecule has 1 saturated heterocycles. The first-order valence-corrected chi connectivity index (χ1v) is 8.40. The average molecular weight is 337 g/mol. The highest BCUT2D eigenvalue weighted by Gasteiger charge is 2.24. The number of hydrogen-bond donors (Lipinski definition) is 1. The van der Waals surface area contributed by atoms with Crippen molar-refractivity contribution in [2.45, 2.75) is 25.8 Å². The van der Waals surface area contributed by atoms with E-state index in [0.717, 1.165) is 42.8 Å². The highest BCUT2D eigenvalue weighted by molar-refractivity contribution is 5.94. The Bertz CT molecular complexity index is 885.